The number of benzene rings is 1. The molecule has 0 aliphatic rings. The predicted octanol–water partition coefficient (Wildman–Crippen LogP) is 2.20. The Hall–Kier alpha value is -2.13. The minimum Gasteiger partial charge on any atom is -0.390 e. The van der Waals surface area contributed by atoms with E-state index in [2.05, 4.69) is 41.3 Å². The number of pyridine rings is 1. The molecule has 0 saturated carbocycles. The van der Waals surface area contributed by atoms with Gasteiger partial charge in [-0.2, -0.15) is 0 Å². The van der Waals surface area contributed by atoms with Gasteiger partial charge in [-0.05, 0) is 23.3 Å². The van der Waals surface area contributed by atoms with E-state index < -0.39 is 0 Å². The number of aromatic nitrogens is 1. The maximum atomic E-state index is 8.86. The van der Waals surface area contributed by atoms with Gasteiger partial charge in [0, 0.05) is 31.9 Å². The predicted molar refractivity (Wildman–Crippen MR) is 83.4 cm³/mol. The number of hydrogen-bond acceptors (Lipinski definition) is 2. The molecule has 0 radical (unpaired) electrons. The van der Waals surface area contributed by atoms with E-state index in [1.54, 1.807) is 0 Å². The highest BCUT2D eigenvalue weighted by molar-refractivity contribution is 5.70. The van der Waals surface area contributed by atoms with Crippen LogP contribution in [0, 0.1) is 0 Å². The van der Waals surface area contributed by atoms with E-state index in [1.165, 1.54) is 11.3 Å². The van der Waals surface area contributed by atoms with Crippen molar-refractivity contribution in [1.82, 2.24) is 0 Å². The molecule has 0 spiro atoms. The van der Waals surface area contributed by atoms with Crippen molar-refractivity contribution in [3.05, 3.63) is 59.9 Å². The fraction of sp³-hybridized carbons (Fsp3) is 0.235. The first kappa shape index (κ1) is 14.3. The van der Waals surface area contributed by atoms with Gasteiger partial charge in [0.1, 0.15) is 6.61 Å². The van der Waals surface area contributed by atoms with Gasteiger partial charge in [-0.1, -0.05) is 24.3 Å². The Balaban J connectivity index is 2.04. The highest BCUT2D eigenvalue weighted by atomic mass is 16.3. The second-order valence-electron chi connectivity index (χ2n) is 4.91. The monoisotopic (exact) mass is 269 g/mol. The van der Waals surface area contributed by atoms with E-state index >= 15 is 0 Å². The number of aliphatic hydroxyl groups is 1. The number of anilines is 1. The number of hydrogen-bond donors (Lipinski definition) is 1. The summed E-state index contributed by atoms with van der Waals surface area (Å²) in [5, 5.41) is 8.86. The van der Waals surface area contributed by atoms with Crippen LogP contribution >= 0.6 is 0 Å². The summed E-state index contributed by atoms with van der Waals surface area (Å²) in [6.45, 7) is 0.800. The van der Waals surface area contributed by atoms with Crippen LogP contribution in [0.4, 0.5) is 5.69 Å². The third-order valence-corrected chi connectivity index (χ3v) is 3.15. The summed E-state index contributed by atoms with van der Waals surface area (Å²) in [5.74, 6) is 0. The Labute approximate surface area is 120 Å². The quantitative estimate of drug-likeness (QED) is 0.843. The third-order valence-electron chi connectivity index (χ3n) is 3.15. The molecule has 2 rings (SSSR count). The molecule has 0 unspecified atom stereocenters. The van der Waals surface area contributed by atoms with Crippen LogP contribution < -0.4 is 9.47 Å². The average Bonchev–Trinajstić information content (AvgIpc) is 2.47. The first-order chi connectivity index (χ1) is 9.69. The van der Waals surface area contributed by atoms with Crippen molar-refractivity contribution < 1.29 is 9.67 Å². The lowest BCUT2D eigenvalue weighted by Crippen LogP contribution is -2.34. The van der Waals surface area contributed by atoms with Crippen LogP contribution in [0.3, 0.4) is 0 Å². The molecule has 1 aromatic carbocycles. The van der Waals surface area contributed by atoms with Gasteiger partial charge in [0.25, 0.3) is 0 Å². The van der Waals surface area contributed by atoms with E-state index in [0.717, 1.165) is 5.56 Å². The maximum Gasteiger partial charge on any atom is 0.171 e. The number of nitrogens with zero attached hydrogens (tertiary/aromatic N) is 2. The highest BCUT2D eigenvalue weighted by Crippen LogP contribution is 2.14. The Kier molecular flexibility index (Phi) is 4.91. The molecule has 0 fully saturated rings. The first-order valence-electron chi connectivity index (χ1n) is 6.74. The zero-order chi connectivity index (χ0) is 14.4. The van der Waals surface area contributed by atoms with Crippen LogP contribution in [0.5, 0.6) is 0 Å². The largest absolute Gasteiger partial charge is 0.390 e. The first-order valence-corrected chi connectivity index (χ1v) is 6.74. The van der Waals surface area contributed by atoms with Gasteiger partial charge in [-0.15, -0.1) is 0 Å². The molecule has 0 bridgehead atoms. The molecule has 20 heavy (non-hydrogen) atoms. The van der Waals surface area contributed by atoms with Gasteiger partial charge in [0.2, 0.25) is 0 Å². The molecule has 0 aliphatic heterocycles. The molecule has 0 atom stereocenters. The Morgan fingerprint density at radius 3 is 2.00 bits per heavy atom. The molecule has 0 aliphatic carbocycles. The summed E-state index contributed by atoms with van der Waals surface area (Å²) in [6, 6.07) is 12.5. The Bertz CT molecular complexity index is 557. The normalized spacial score (nSPS) is 10.9. The number of aliphatic hydroxyl groups excluding tert-OH is 1. The summed E-state index contributed by atoms with van der Waals surface area (Å²) in [4.78, 5) is 2.09. The van der Waals surface area contributed by atoms with Gasteiger partial charge in [-0.3, -0.25) is 0 Å². The van der Waals surface area contributed by atoms with Gasteiger partial charge >= 0.3 is 0 Å². The van der Waals surface area contributed by atoms with Crippen LogP contribution in [-0.2, 0) is 6.54 Å². The Morgan fingerprint density at radius 2 is 1.50 bits per heavy atom. The summed E-state index contributed by atoms with van der Waals surface area (Å²) >= 11 is 0. The second-order valence-corrected chi connectivity index (χ2v) is 4.91. The maximum absolute atomic E-state index is 8.86. The standard InChI is InChI=1S/C17H21N2O/c1-18(2)17-7-5-15(6-8-17)3-4-16-9-11-19(12-10-16)13-14-20/h3-12,20H,13-14H2,1-2H3/q+1. The molecular formula is C17H21N2O+. The van der Waals surface area contributed by atoms with Crippen molar-refractivity contribution in [1.29, 1.82) is 0 Å². The minimum atomic E-state index is 0.165. The van der Waals surface area contributed by atoms with Gasteiger partial charge in [0.05, 0.1) is 0 Å². The molecular weight excluding hydrogens is 248 g/mol. The fourth-order valence-corrected chi connectivity index (χ4v) is 1.92. The lowest BCUT2D eigenvalue weighted by Gasteiger charge is -2.11. The smallest absolute Gasteiger partial charge is 0.171 e. The molecule has 0 amide bonds. The average molecular weight is 269 g/mol. The Morgan fingerprint density at radius 1 is 0.950 bits per heavy atom. The van der Waals surface area contributed by atoms with E-state index in [0.29, 0.717) is 6.54 Å². The molecule has 2 aromatic rings. The fourth-order valence-electron chi connectivity index (χ4n) is 1.92. The van der Waals surface area contributed by atoms with Crippen LogP contribution in [0.1, 0.15) is 11.1 Å². The summed E-state index contributed by atoms with van der Waals surface area (Å²) < 4.78 is 1.96. The van der Waals surface area contributed by atoms with Crippen LogP contribution in [0.2, 0.25) is 0 Å². The van der Waals surface area contributed by atoms with Crippen LogP contribution in [0.15, 0.2) is 48.8 Å². The third kappa shape index (κ3) is 3.93. The molecule has 104 valence electrons. The highest BCUT2D eigenvalue weighted by Gasteiger charge is 1.97. The van der Waals surface area contributed by atoms with Crippen molar-refractivity contribution in [2.24, 2.45) is 0 Å². The van der Waals surface area contributed by atoms with Crippen molar-refractivity contribution in [3.63, 3.8) is 0 Å². The van der Waals surface area contributed by atoms with E-state index in [1.807, 2.05) is 43.2 Å². The van der Waals surface area contributed by atoms with Crippen molar-refractivity contribution in [2.45, 2.75) is 6.54 Å². The van der Waals surface area contributed by atoms with Crippen molar-refractivity contribution in [3.8, 4) is 0 Å². The van der Waals surface area contributed by atoms with Crippen LogP contribution in [0.25, 0.3) is 12.2 Å². The zero-order valence-corrected chi connectivity index (χ0v) is 12.0. The van der Waals surface area contributed by atoms with Gasteiger partial charge in [-0.25, -0.2) is 4.57 Å². The molecule has 0 saturated heterocycles. The summed E-state index contributed by atoms with van der Waals surface area (Å²) in [7, 11) is 4.08. The summed E-state index contributed by atoms with van der Waals surface area (Å²) in [6.07, 6.45) is 8.15. The molecule has 1 aromatic heterocycles. The summed E-state index contributed by atoms with van der Waals surface area (Å²) in [5.41, 5.74) is 3.53. The molecule has 1 heterocycles. The van der Waals surface area contributed by atoms with Gasteiger partial charge < -0.3 is 10.0 Å². The molecule has 3 heteroatoms. The lowest BCUT2D eigenvalue weighted by atomic mass is 10.1. The molecule has 3 nitrogen and oxygen atoms in total. The second kappa shape index (κ2) is 6.87. The zero-order valence-electron chi connectivity index (χ0n) is 12.0. The topological polar surface area (TPSA) is 27.4 Å². The van der Waals surface area contributed by atoms with Gasteiger partial charge in [0.15, 0.2) is 18.9 Å². The molecule has 1 N–H and O–H groups in total. The van der Waals surface area contributed by atoms with E-state index in [9.17, 15) is 0 Å². The van der Waals surface area contributed by atoms with Crippen LogP contribution in [-0.4, -0.2) is 25.8 Å². The van der Waals surface area contributed by atoms with E-state index in [-0.39, 0.29) is 6.61 Å². The van der Waals surface area contributed by atoms with Crippen molar-refractivity contribution >= 4 is 17.8 Å². The van der Waals surface area contributed by atoms with E-state index in [4.69, 9.17) is 5.11 Å². The van der Waals surface area contributed by atoms with Crippen molar-refractivity contribution in [2.75, 3.05) is 25.6 Å². The SMILES string of the molecule is CN(C)c1ccc(/C=C/c2cc[n+](CCO)cc2)cc1. The minimum absolute atomic E-state index is 0.165. The lowest BCUT2D eigenvalue weighted by molar-refractivity contribution is -0.698. The number of rotatable bonds is 5.